The van der Waals surface area contributed by atoms with E-state index in [1.54, 1.807) is 0 Å². The summed E-state index contributed by atoms with van der Waals surface area (Å²) in [6.07, 6.45) is 2.24. The van der Waals surface area contributed by atoms with E-state index >= 15 is 0 Å². The maximum atomic E-state index is 12.3. The lowest BCUT2D eigenvalue weighted by atomic mass is 10.2. The number of likely N-dealkylation sites (tertiary alicyclic amines) is 1. The molecule has 0 aliphatic carbocycles. The molecule has 5 heteroatoms. The Balaban J connectivity index is 2.22. The third-order valence-electron chi connectivity index (χ3n) is 3.35. The van der Waals surface area contributed by atoms with Gasteiger partial charge in [-0.3, -0.25) is 4.79 Å². The summed E-state index contributed by atoms with van der Waals surface area (Å²) in [4.78, 5) is 26.8. The number of hydrogen-bond acceptors (Lipinski definition) is 3. The van der Waals surface area contributed by atoms with E-state index in [9.17, 15) is 9.59 Å². The fourth-order valence-corrected chi connectivity index (χ4v) is 3.45. The normalized spacial score (nSPS) is 19.2. The molecule has 2 heterocycles. The van der Waals surface area contributed by atoms with E-state index in [0.29, 0.717) is 17.8 Å². The van der Waals surface area contributed by atoms with Gasteiger partial charge in [-0.25, -0.2) is 4.79 Å². The SMILES string of the molecule is CCc1sc(C(=O)N2CCC[C@H]2C(=O)O)cc1C. The van der Waals surface area contributed by atoms with E-state index in [0.717, 1.165) is 18.4 Å². The number of amides is 1. The van der Waals surface area contributed by atoms with Crippen molar-refractivity contribution in [3.8, 4) is 0 Å². The summed E-state index contributed by atoms with van der Waals surface area (Å²) >= 11 is 1.48. The average molecular weight is 267 g/mol. The topological polar surface area (TPSA) is 57.6 Å². The molecule has 0 unspecified atom stereocenters. The van der Waals surface area contributed by atoms with Crippen LogP contribution < -0.4 is 0 Å². The summed E-state index contributed by atoms with van der Waals surface area (Å²) in [7, 11) is 0. The highest BCUT2D eigenvalue weighted by atomic mass is 32.1. The van der Waals surface area contributed by atoms with E-state index in [2.05, 4.69) is 6.92 Å². The number of carbonyl (C=O) groups is 2. The highest BCUT2D eigenvalue weighted by Crippen LogP contribution is 2.27. The lowest BCUT2D eigenvalue weighted by Crippen LogP contribution is -2.40. The number of carbonyl (C=O) groups excluding carboxylic acids is 1. The zero-order valence-corrected chi connectivity index (χ0v) is 11.4. The van der Waals surface area contributed by atoms with Crippen LogP contribution in [0.2, 0.25) is 0 Å². The standard InChI is InChI=1S/C13H17NO3S/c1-3-10-8(2)7-11(18-10)12(15)14-6-4-5-9(14)13(16)17/h7,9H,3-6H2,1-2H3,(H,16,17)/t9-/m0/s1. The van der Waals surface area contributed by atoms with Crippen molar-refractivity contribution in [3.63, 3.8) is 0 Å². The van der Waals surface area contributed by atoms with Gasteiger partial charge in [-0.2, -0.15) is 0 Å². The number of rotatable bonds is 3. The predicted octanol–water partition coefficient (Wildman–Crippen LogP) is 2.31. The Hall–Kier alpha value is -1.36. The molecule has 1 fully saturated rings. The Kier molecular flexibility index (Phi) is 3.71. The van der Waals surface area contributed by atoms with Crippen LogP contribution in [0.4, 0.5) is 0 Å². The first-order chi connectivity index (χ1) is 8.54. The Labute approximate surface area is 110 Å². The number of carboxylic acids is 1. The lowest BCUT2D eigenvalue weighted by Gasteiger charge is -2.20. The first-order valence-corrected chi connectivity index (χ1v) is 6.99. The zero-order chi connectivity index (χ0) is 13.3. The monoisotopic (exact) mass is 267 g/mol. The van der Waals surface area contributed by atoms with E-state index in [-0.39, 0.29) is 5.91 Å². The van der Waals surface area contributed by atoms with Crippen molar-refractivity contribution in [3.05, 3.63) is 21.4 Å². The predicted molar refractivity (Wildman–Crippen MR) is 70.1 cm³/mol. The van der Waals surface area contributed by atoms with Crippen LogP contribution >= 0.6 is 11.3 Å². The van der Waals surface area contributed by atoms with Gasteiger partial charge in [0.25, 0.3) is 5.91 Å². The third kappa shape index (κ3) is 2.27. The molecule has 0 spiro atoms. The van der Waals surface area contributed by atoms with Gasteiger partial charge in [0.1, 0.15) is 6.04 Å². The maximum Gasteiger partial charge on any atom is 0.326 e. The second-order valence-corrected chi connectivity index (χ2v) is 5.70. The molecule has 1 atom stereocenters. The van der Waals surface area contributed by atoms with E-state index in [4.69, 9.17) is 5.11 Å². The van der Waals surface area contributed by atoms with E-state index < -0.39 is 12.0 Å². The Morgan fingerprint density at radius 1 is 1.56 bits per heavy atom. The first kappa shape index (κ1) is 13.1. The van der Waals surface area contributed by atoms with Gasteiger partial charge in [-0.05, 0) is 37.8 Å². The summed E-state index contributed by atoms with van der Waals surface area (Å²) in [6.45, 7) is 4.60. The zero-order valence-electron chi connectivity index (χ0n) is 10.6. The lowest BCUT2D eigenvalue weighted by molar-refractivity contribution is -0.141. The van der Waals surface area contributed by atoms with Gasteiger partial charge in [-0.1, -0.05) is 6.92 Å². The molecule has 1 N–H and O–H groups in total. The number of aryl methyl sites for hydroxylation is 2. The van der Waals surface area contributed by atoms with Crippen LogP contribution in [0.25, 0.3) is 0 Å². The summed E-state index contributed by atoms with van der Waals surface area (Å²) in [6, 6.07) is 1.23. The number of thiophene rings is 1. The summed E-state index contributed by atoms with van der Waals surface area (Å²) in [5, 5.41) is 9.09. The second kappa shape index (κ2) is 5.10. The highest BCUT2D eigenvalue weighted by molar-refractivity contribution is 7.14. The molecule has 0 aromatic carbocycles. The Morgan fingerprint density at radius 2 is 2.28 bits per heavy atom. The molecule has 1 aromatic heterocycles. The molecule has 98 valence electrons. The van der Waals surface area contributed by atoms with Crippen LogP contribution in [0.1, 0.15) is 39.9 Å². The molecule has 18 heavy (non-hydrogen) atoms. The number of hydrogen-bond donors (Lipinski definition) is 1. The fourth-order valence-electron chi connectivity index (χ4n) is 2.38. The van der Waals surface area contributed by atoms with Crippen molar-refractivity contribution in [1.29, 1.82) is 0 Å². The number of nitrogens with zero attached hydrogens (tertiary/aromatic N) is 1. The van der Waals surface area contributed by atoms with Crippen LogP contribution in [0, 0.1) is 6.92 Å². The molecule has 4 nitrogen and oxygen atoms in total. The van der Waals surface area contributed by atoms with Crippen molar-refractivity contribution in [2.24, 2.45) is 0 Å². The first-order valence-electron chi connectivity index (χ1n) is 6.17. The van der Waals surface area contributed by atoms with Gasteiger partial charge in [-0.15, -0.1) is 11.3 Å². The van der Waals surface area contributed by atoms with Crippen LogP contribution in [-0.2, 0) is 11.2 Å². The summed E-state index contributed by atoms with van der Waals surface area (Å²) < 4.78 is 0. The third-order valence-corrected chi connectivity index (χ3v) is 4.72. The molecule has 0 bridgehead atoms. The molecule has 1 aromatic rings. The Bertz CT molecular complexity index is 481. The van der Waals surface area contributed by atoms with Crippen LogP contribution in [-0.4, -0.2) is 34.5 Å². The summed E-state index contributed by atoms with van der Waals surface area (Å²) in [5.74, 6) is -1.03. The minimum Gasteiger partial charge on any atom is -0.480 e. The molecule has 2 rings (SSSR count). The van der Waals surface area contributed by atoms with Gasteiger partial charge < -0.3 is 10.0 Å². The second-order valence-electron chi connectivity index (χ2n) is 4.57. The quantitative estimate of drug-likeness (QED) is 0.914. The van der Waals surface area contributed by atoms with Gasteiger partial charge >= 0.3 is 5.97 Å². The van der Waals surface area contributed by atoms with Gasteiger partial charge in [0.05, 0.1) is 4.88 Å². The molecule has 0 saturated carbocycles. The minimum atomic E-state index is -0.898. The van der Waals surface area contributed by atoms with Gasteiger partial charge in [0.2, 0.25) is 0 Å². The molecular formula is C13H17NO3S. The Morgan fingerprint density at radius 3 is 2.83 bits per heavy atom. The molecular weight excluding hydrogens is 250 g/mol. The highest BCUT2D eigenvalue weighted by Gasteiger charge is 2.35. The largest absolute Gasteiger partial charge is 0.480 e. The molecule has 1 aliphatic heterocycles. The van der Waals surface area contributed by atoms with Crippen molar-refractivity contribution in [2.45, 2.75) is 39.2 Å². The van der Waals surface area contributed by atoms with Gasteiger partial charge in [0, 0.05) is 11.4 Å². The van der Waals surface area contributed by atoms with Gasteiger partial charge in [0.15, 0.2) is 0 Å². The summed E-state index contributed by atoms with van der Waals surface area (Å²) in [5.41, 5.74) is 1.12. The molecule has 1 saturated heterocycles. The maximum absolute atomic E-state index is 12.3. The fraction of sp³-hybridized carbons (Fsp3) is 0.538. The molecule has 0 radical (unpaired) electrons. The van der Waals surface area contributed by atoms with Crippen LogP contribution in [0.3, 0.4) is 0 Å². The minimum absolute atomic E-state index is 0.132. The number of aliphatic carboxylic acids is 1. The molecule has 1 amide bonds. The molecule has 1 aliphatic rings. The van der Waals surface area contributed by atoms with Crippen molar-refractivity contribution in [1.82, 2.24) is 4.90 Å². The average Bonchev–Trinajstić information content (AvgIpc) is 2.93. The number of carboxylic acid groups (broad SMARTS) is 1. The van der Waals surface area contributed by atoms with Crippen LogP contribution in [0.15, 0.2) is 6.07 Å². The van der Waals surface area contributed by atoms with Crippen molar-refractivity contribution < 1.29 is 14.7 Å². The van der Waals surface area contributed by atoms with Crippen LogP contribution in [0.5, 0.6) is 0 Å². The van der Waals surface area contributed by atoms with Crippen molar-refractivity contribution >= 4 is 23.2 Å². The smallest absolute Gasteiger partial charge is 0.326 e. The van der Waals surface area contributed by atoms with Crippen molar-refractivity contribution in [2.75, 3.05) is 6.54 Å². The van der Waals surface area contributed by atoms with E-state index in [1.165, 1.54) is 21.1 Å². The van der Waals surface area contributed by atoms with E-state index in [1.807, 2.05) is 13.0 Å².